The summed E-state index contributed by atoms with van der Waals surface area (Å²) in [6.45, 7) is 4.58. The van der Waals surface area contributed by atoms with Gasteiger partial charge in [-0.15, -0.1) is 0 Å². The fraction of sp³-hybridized carbons (Fsp3) is 0.333. The molecule has 0 saturated heterocycles. The molecule has 0 aliphatic carbocycles. The van der Waals surface area contributed by atoms with Crippen molar-refractivity contribution in [3.8, 4) is 0 Å². The number of benzene rings is 1. The van der Waals surface area contributed by atoms with Crippen LogP contribution in [0.25, 0.3) is 0 Å². The minimum absolute atomic E-state index is 0.0660. The number of hydrogen-bond donors (Lipinski definition) is 1. The Bertz CT molecular complexity index is 511. The van der Waals surface area contributed by atoms with E-state index in [9.17, 15) is 19.7 Å². The minimum atomic E-state index is -0.577. The third kappa shape index (κ3) is 3.13. The molecule has 0 radical (unpaired) electrons. The van der Waals surface area contributed by atoms with E-state index in [1.54, 1.807) is 13.8 Å². The third-order valence-electron chi connectivity index (χ3n) is 2.62. The molecule has 18 heavy (non-hydrogen) atoms. The Morgan fingerprint density at radius 1 is 1.39 bits per heavy atom. The highest BCUT2D eigenvalue weighted by atomic mass is 16.6. The highest BCUT2D eigenvalue weighted by Gasteiger charge is 2.16. The number of non-ortho nitro benzene ring substituents is 1. The SMILES string of the molecule is CC(=O)C(C)NC(=O)c1ccc([N+](=O)[O-])cc1C. The van der Waals surface area contributed by atoms with Crippen LogP contribution in [0, 0.1) is 17.0 Å². The Kier molecular flexibility index (Phi) is 4.14. The van der Waals surface area contributed by atoms with Crippen molar-refractivity contribution in [2.24, 2.45) is 0 Å². The third-order valence-corrected chi connectivity index (χ3v) is 2.62. The number of nitrogens with one attached hydrogen (secondary N) is 1. The summed E-state index contributed by atoms with van der Waals surface area (Å²) in [4.78, 5) is 32.9. The van der Waals surface area contributed by atoms with Crippen LogP contribution in [0.15, 0.2) is 18.2 Å². The maximum Gasteiger partial charge on any atom is 0.269 e. The lowest BCUT2D eigenvalue weighted by atomic mass is 10.1. The molecule has 0 heterocycles. The molecule has 6 heteroatoms. The average molecular weight is 250 g/mol. The van der Waals surface area contributed by atoms with E-state index in [4.69, 9.17) is 0 Å². The van der Waals surface area contributed by atoms with E-state index in [-0.39, 0.29) is 11.5 Å². The average Bonchev–Trinajstić information content (AvgIpc) is 2.28. The summed E-state index contributed by atoms with van der Waals surface area (Å²) in [6.07, 6.45) is 0. The predicted octanol–water partition coefficient (Wildman–Crippen LogP) is 1.61. The van der Waals surface area contributed by atoms with E-state index < -0.39 is 16.9 Å². The molecule has 96 valence electrons. The van der Waals surface area contributed by atoms with Crippen molar-refractivity contribution >= 4 is 17.4 Å². The van der Waals surface area contributed by atoms with E-state index in [1.165, 1.54) is 25.1 Å². The summed E-state index contributed by atoms with van der Waals surface area (Å²) in [5.74, 6) is -0.562. The van der Waals surface area contributed by atoms with Crippen molar-refractivity contribution in [2.75, 3.05) is 0 Å². The standard InChI is InChI=1S/C12H14N2O4/c1-7-6-10(14(17)18)4-5-11(7)12(16)13-8(2)9(3)15/h4-6,8H,1-3H3,(H,13,16). The quantitative estimate of drug-likeness (QED) is 0.649. The summed E-state index contributed by atoms with van der Waals surface area (Å²) in [5, 5.41) is 13.1. The summed E-state index contributed by atoms with van der Waals surface area (Å²) < 4.78 is 0. The van der Waals surface area contributed by atoms with Crippen LogP contribution in [0.1, 0.15) is 29.8 Å². The fourth-order valence-corrected chi connectivity index (χ4v) is 1.39. The Balaban J connectivity index is 2.94. The molecule has 0 fully saturated rings. The zero-order valence-electron chi connectivity index (χ0n) is 10.4. The number of rotatable bonds is 4. The summed E-state index contributed by atoms with van der Waals surface area (Å²) in [6, 6.07) is 3.40. The summed E-state index contributed by atoms with van der Waals surface area (Å²) in [5.41, 5.74) is 0.759. The topological polar surface area (TPSA) is 89.3 Å². The second-order valence-corrected chi connectivity index (χ2v) is 4.06. The van der Waals surface area contributed by atoms with Gasteiger partial charge in [0.05, 0.1) is 11.0 Å². The second-order valence-electron chi connectivity index (χ2n) is 4.06. The molecule has 0 spiro atoms. The maximum atomic E-state index is 11.8. The van der Waals surface area contributed by atoms with Gasteiger partial charge in [-0.05, 0) is 32.4 Å². The molecule has 1 aromatic rings. The molecule has 1 amide bonds. The molecule has 1 unspecified atom stereocenters. The molecule has 0 aliphatic rings. The van der Waals surface area contributed by atoms with Gasteiger partial charge in [0, 0.05) is 17.7 Å². The smallest absolute Gasteiger partial charge is 0.269 e. The maximum absolute atomic E-state index is 11.8. The van der Waals surface area contributed by atoms with Crippen molar-refractivity contribution in [1.29, 1.82) is 0 Å². The second kappa shape index (κ2) is 5.39. The lowest BCUT2D eigenvalue weighted by molar-refractivity contribution is -0.384. The molecule has 1 aromatic carbocycles. The number of carbonyl (C=O) groups is 2. The van der Waals surface area contributed by atoms with Gasteiger partial charge in [0.1, 0.15) is 0 Å². The van der Waals surface area contributed by atoms with Crippen LogP contribution in [0.2, 0.25) is 0 Å². The number of hydrogen-bond acceptors (Lipinski definition) is 4. The summed E-state index contributed by atoms with van der Waals surface area (Å²) in [7, 11) is 0. The van der Waals surface area contributed by atoms with Crippen molar-refractivity contribution in [3.05, 3.63) is 39.4 Å². The highest BCUT2D eigenvalue weighted by molar-refractivity contribution is 5.98. The number of nitro groups is 1. The van der Waals surface area contributed by atoms with Crippen LogP contribution in [0.3, 0.4) is 0 Å². The van der Waals surface area contributed by atoms with Crippen molar-refractivity contribution in [2.45, 2.75) is 26.8 Å². The lowest BCUT2D eigenvalue weighted by Crippen LogP contribution is -2.37. The molecule has 1 atom stereocenters. The van der Waals surface area contributed by atoms with E-state index in [0.29, 0.717) is 11.1 Å². The molecule has 1 N–H and O–H groups in total. The van der Waals surface area contributed by atoms with Crippen molar-refractivity contribution < 1.29 is 14.5 Å². The van der Waals surface area contributed by atoms with Gasteiger partial charge in [-0.1, -0.05) is 0 Å². The number of carbonyl (C=O) groups excluding carboxylic acids is 2. The number of nitrogens with zero attached hydrogens (tertiary/aromatic N) is 1. The van der Waals surface area contributed by atoms with Gasteiger partial charge in [0.25, 0.3) is 11.6 Å². The van der Waals surface area contributed by atoms with Gasteiger partial charge in [0.15, 0.2) is 5.78 Å². The number of aryl methyl sites for hydroxylation is 1. The first kappa shape index (κ1) is 13.8. The van der Waals surface area contributed by atoms with Gasteiger partial charge >= 0.3 is 0 Å². The zero-order chi connectivity index (χ0) is 13.9. The molecule has 0 aromatic heterocycles. The first-order valence-electron chi connectivity index (χ1n) is 5.39. The van der Waals surface area contributed by atoms with Crippen LogP contribution in [0.4, 0.5) is 5.69 Å². The Hall–Kier alpha value is -2.24. The monoisotopic (exact) mass is 250 g/mol. The molecule has 0 bridgehead atoms. The van der Waals surface area contributed by atoms with Crippen LogP contribution in [-0.4, -0.2) is 22.7 Å². The molecule has 0 aliphatic heterocycles. The normalized spacial score (nSPS) is 11.7. The Morgan fingerprint density at radius 2 is 2.00 bits per heavy atom. The van der Waals surface area contributed by atoms with Crippen LogP contribution >= 0.6 is 0 Å². The highest BCUT2D eigenvalue weighted by Crippen LogP contribution is 2.17. The van der Waals surface area contributed by atoms with Crippen molar-refractivity contribution in [3.63, 3.8) is 0 Å². The van der Waals surface area contributed by atoms with Gasteiger partial charge in [-0.2, -0.15) is 0 Å². The lowest BCUT2D eigenvalue weighted by Gasteiger charge is -2.11. The minimum Gasteiger partial charge on any atom is -0.343 e. The van der Waals surface area contributed by atoms with Gasteiger partial charge in [-0.3, -0.25) is 19.7 Å². The van der Waals surface area contributed by atoms with Gasteiger partial charge in [-0.25, -0.2) is 0 Å². The van der Waals surface area contributed by atoms with Crippen LogP contribution < -0.4 is 5.32 Å². The number of ketones is 1. The molecular formula is C12H14N2O4. The largest absolute Gasteiger partial charge is 0.343 e. The first-order valence-corrected chi connectivity index (χ1v) is 5.39. The van der Waals surface area contributed by atoms with E-state index in [0.717, 1.165) is 0 Å². The van der Waals surface area contributed by atoms with Crippen LogP contribution in [-0.2, 0) is 4.79 Å². The predicted molar refractivity (Wildman–Crippen MR) is 65.4 cm³/mol. The Morgan fingerprint density at radius 3 is 2.44 bits per heavy atom. The first-order chi connectivity index (χ1) is 8.32. The van der Waals surface area contributed by atoms with E-state index >= 15 is 0 Å². The van der Waals surface area contributed by atoms with Gasteiger partial charge in [0.2, 0.25) is 0 Å². The number of amides is 1. The van der Waals surface area contributed by atoms with Gasteiger partial charge < -0.3 is 5.32 Å². The fourth-order valence-electron chi connectivity index (χ4n) is 1.39. The molecule has 0 saturated carbocycles. The van der Waals surface area contributed by atoms with Crippen LogP contribution in [0.5, 0.6) is 0 Å². The van der Waals surface area contributed by atoms with Crippen molar-refractivity contribution in [1.82, 2.24) is 5.32 Å². The van der Waals surface area contributed by atoms with E-state index in [1.807, 2.05) is 0 Å². The molecular weight excluding hydrogens is 236 g/mol. The van der Waals surface area contributed by atoms with E-state index in [2.05, 4.69) is 5.32 Å². The number of nitro benzene ring substituents is 1. The molecule has 6 nitrogen and oxygen atoms in total. The Labute approximate surface area is 104 Å². The zero-order valence-corrected chi connectivity index (χ0v) is 10.4. The molecule has 1 rings (SSSR count). The summed E-state index contributed by atoms with van der Waals surface area (Å²) >= 11 is 0. The number of Topliss-reactive ketones (excluding diaryl/α,β-unsaturated/α-hetero) is 1.